The Labute approximate surface area is 156 Å². The van der Waals surface area contributed by atoms with Crippen LogP contribution in [0.25, 0.3) is 0 Å². The molecule has 138 valence electrons. The fourth-order valence-corrected chi connectivity index (χ4v) is 3.63. The number of piperazine rings is 1. The van der Waals surface area contributed by atoms with E-state index in [4.69, 9.17) is 0 Å². The zero-order chi connectivity index (χ0) is 18.5. The van der Waals surface area contributed by atoms with E-state index in [-0.39, 0.29) is 17.6 Å². The quantitative estimate of drug-likeness (QED) is 0.872. The van der Waals surface area contributed by atoms with Crippen LogP contribution < -0.4 is 5.32 Å². The van der Waals surface area contributed by atoms with E-state index >= 15 is 0 Å². The third-order valence-electron chi connectivity index (χ3n) is 4.47. The van der Waals surface area contributed by atoms with Gasteiger partial charge in [0.2, 0.25) is 5.91 Å². The Morgan fingerprint density at radius 2 is 1.96 bits per heavy atom. The molecule has 0 bridgehead atoms. The second-order valence-electron chi connectivity index (χ2n) is 6.41. The lowest BCUT2D eigenvalue weighted by molar-refractivity contribution is -0.122. The number of rotatable bonds is 5. The van der Waals surface area contributed by atoms with E-state index in [1.165, 1.54) is 17.4 Å². The molecule has 1 N–H and O–H groups in total. The van der Waals surface area contributed by atoms with Gasteiger partial charge in [-0.15, -0.1) is 11.3 Å². The number of nitrogens with one attached hydrogen (secondary N) is 1. The molecule has 0 spiro atoms. The highest BCUT2D eigenvalue weighted by atomic mass is 32.1. The van der Waals surface area contributed by atoms with E-state index in [1.807, 2.05) is 27.3 Å². The van der Waals surface area contributed by atoms with Crippen LogP contribution in [0.15, 0.2) is 35.7 Å². The summed E-state index contributed by atoms with van der Waals surface area (Å²) in [5.74, 6) is -0.240. The summed E-state index contributed by atoms with van der Waals surface area (Å²) in [6.45, 7) is 5.01. The van der Waals surface area contributed by atoms with Gasteiger partial charge >= 0.3 is 0 Å². The molecule has 1 saturated heterocycles. The fraction of sp³-hybridized carbons (Fsp3) is 0.368. The van der Waals surface area contributed by atoms with E-state index in [9.17, 15) is 14.0 Å². The number of benzene rings is 1. The van der Waals surface area contributed by atoms with Crippen molar-refractivity contribution < 1.29 is 14.0 Å². The van der Waals surface area contributed by atoms with Crippen molar-refractivity contribution in [3.63, 3.8) is 0 Å². The number of amides is 2. The Hall–Kier alpha value is -2.25. The van der Waals surface area contributed by atoms with Crippen molar-refractivity contribution in [3.05, 3.63) is 57.5 Å². The molecule has 1 aromatic carbocycles. The highest BCUT2D eigenvalue weighted by molar-refractivity contribution is 7.12. The number of carbonyl (C=O) groups excluding carboxylic acids is 2. The lowest BCUT2D eigenvalue weighted by Crippen LogP contribution is -2.51. The molecule has 5 nitrogen and oxygen atoms in total. The maximum absolute atomic E-state index is 13.3. The predicted molar refractivity (Wildman–Crippen MR) is 99.6 cm³/mol. The summed E-state index contributed by atoms with van der Waals surface area (Å²) in [6.07, 6.45) is 0. The zero-order valence-corrected chi connectivity index (χ0v) is 15.5. The molecule has 1 aliphatic heterocycles. The molecular weight excluding hydrogens is 353 g/mol. The Morgan fingerprint density at radius 1 is 1.19 bits per heavy atom. The highest BCUT2D eigenvalue weighted by Gasteiger charge is 2.23. The number of hydrogen-bond acceptors (Lipinski definition) is 4. The molecule has 2 heterocycles. The SMILES string of the molecule is Cc1cc(CNC(=O)CN2CCN(C(=O)c3cccs3)CC2)ccc1F. The molecule has 7 heteroatoms. The molecule has 3 rings (SSSR count). The summed E-state index contributed by atoms with van der Waals surface area (Å²) in [7, 11) is 0. The predicted octanol–water partition coefficient (Wildman–Crippen LogP) is 2.27. The minimum atomic E-state index is -0.241. The number of hydrogen-bond donors (Lipinski definition) is 1. The first kappa shape index (κ1) is 18.5. The number of nitrogens with zero attached hydrogens (tertiary/aromatic N) is 2. The molecule has 26 heavy (non-hydrogen) atoms. The number of carbonyl (C=O) groups is 2. The lowest BCUT2D eigenvalue weighted by atomic mass is 10.1. The average molecular weight is 375 g/mol. The molecule has 2 amide bonds. The maximum atomic E-state index is 13.3. The summed E-state index contributed by atoms with van der Waals surface area (Å²) in [4.78, 5) is 29.1. The van der Waals surface area contributed by atoms with Gasteiger partial charge in [-0.25, -0.2) is 4.39 Å². The number of aryl methyl sites for hydroxylation is 1. The van der Waals surface area contributed by atoms with Crippen molar-refractivity contribution in [1.29, 1.82) is 0 Å². The first-order valence-electron chi connectivity index (χ1n) is 8.60. The normalized spacial score (nSPS) is 15.1. The lowest BCUT2D eigenvalue weighted by Gasteiger charge is -2.34. The molecule has 0 aliphatic carbocycles. The van der Waals surface area contributed by atoms with Crippen LogP contribution in [0.4, 0.5) is 4.39 Å². The Morgan fingerprint density at radius 3 is 2.62 bits per heavy atom. The molecular formula is C19H22FN3O2S. The Bertz CT molecular complexity index is 771. The van der Waals surface area contributed by atoms with E-state index in [2.05, 4.69) is 5.32 Å². The zero-order valence-electron chi connectivity index (χ0n) is 14.7. The van der Waals surface area contributed by atoms with Crippen molar-refractivity contribution in [2.24, 2.45) is 0 Å². The summed E-state index contributed by atoms with van der Waals surface area (Å²) in [6, 6.07) is 8.55. The number of thiophene rings is 1. The molecule has 0 radical (unpaired) electrons. The van der Waals surface area contributed by atoms with Gasteiger partial charge in [0.1, 0.15) is 5.82 Å². The summed E-state index contributed by atoms with van der Waals surface area (Å²) in [5.41, 5.74) is 1.45. The maximum Gasteiger partial charge on any atom is 0.264 e. The second kappa shape index (κ2) is 8.42. The van der Waals surface area contributed by atoms with Gasteiger partial charge in [-0.05, 0) is 35.6 Å². The van der Waals surface area contributed by atoms with Crippen LogP contribution in [0, 0.1) is 12.7 Å². The van der Waals surface area contributed by atoms with Crippen LogP contribution in [0.2, 0.25) is 0 Å². The van der Waals surface area contributed by atoms with Crippen molar-refractivity contribution in [1.82, 2.24) is 15.1 Å². The Balaban J connectivity index is 1.42. The van der Waals surface area contributed by atoms with Crippen LogP contribution in [0.3, 0.4) is 0 Å². The summed E-state index contributed by atoms with van der Waals surface area (Å²) >= 11 is 1.45. The standard InChI is InChI=1S/C19H22FN3O2S/c1-14-11-15(4-5-16(14)20)12-21-18(24)13-22-6-8-23(9-7-22)19(25)17-3-2-10-26-17/h2-5,10-11H,6-9,12-13H2,1H3,(H,21,24). The van der Waals surface area contributed by atoms with Crippen LogP contribution >= 0.6 is 11.3 Å². The van der Waals surface area contributed by atoms with E-state index in [0.29, 0.717) is 44.8 Å². The first-order chi connectivity index (χ1) is 12.5. The molecule has 2 aromatic rings. The van der Waals surface area contributed by atoms with E-state index < -0.39 is 0 Å². The van der Waals surface area contributed by atoms with Gasteiger partial charge in [0.15, 0.2) is 0 Å². The third-order valence-corrected chi connectivity index (χ3v) is 5.33. The van der Waals surface area contributed by atoms with E-state index in [1.54, 1.807) is 19.1 Å². The fourth-order valence-electron chi connectivity index (χ4n) is 2.94. The third kappa shape index (κ3) is 4.68. The topological polar surface area (TPSA) is 52.7 Å². The molecule has 0 atom stereocenters. The Kier molecular flexibility index (Phi) is 6.00. The molecule has 0 unspecified atom stereocenters. The van der Waals surface area contributed by atoms with Crippen LogP contribution in [-0.2, 0) is 11.3 Å². The van der Waals surface area contributed by atoms with Crippen molar-refractivity contribution >= 4 is 23.2 Å². The summed E-state index contributed by atoms with van der Waals surface area (Å²) in [5, 5.41) is 4.77. The number of halogens is 1. The molecule has 1 aliphatic rings. The van der Waals surface area contributed by atoms with Gasteiger partial charge in [-0.3, -0.25) is 14.5 Å². The molecule has 1 fully saturated rings. The van der Waals surface area contributed by atoms with Gasteiger partial charge in [-0.2, -0.15) is 0 Å². The second-order valence-corrected chi connectivity index (χ2v) is 7.35. The highest BCUT2D eigenvalue weighted by Crippen LogP contribution is 2.14. The molecule has 1 aromatic heterocycles. The van der Waals surface area contributed by atoms with Crippen LogP contribution in [0.1, 0.15) is 20.8 Å². The monoisotopic (exact) mass is 375 g/mol. The average Bonchev–Trinajstić information content (AvgIpc) is 3.17. The first-order valence-corrected chi connectivity index (χ1v) is 9.48. The van der Waals surface area contributed by atoms with Crippen molar-refractivity contribution in [3.8, 4) is 0 Å². The van der Waals surface area contributed by atoms with E-state index in [0.717, 1.165) is 10.4 Å². The van der Waals surface area contributed by atoms with Gasteiger partial charge < -0.3 is 10.2 Å². The largest absolute Gasteiger partial charge is 0.351 e. The summed E-state index contributed by atoms with van der Waals surface area (Å²) < 4.78 is 13.3. The van der Waals surface area contributed by atoms with Crippen LogP contribution in [0.5, 0.6) is 0 Å². The molecule has 0 saturated carbocycles. The van der Waals surface area contributed by atoms with Gasteiger partial charge in [0.05, 0.1) is 11.4 Å². The van der Waals surface area contributed by atoms with Crippen LogP contribution in [-0.4, -0.2) is 54.3 Å². The van der Waals surface area contributed by atoms with Crippen molar-refractivity contribution in [2.45, 2.75) is 13.5 Å². The minimum absolute atomic E-state index is 0.0648. The van der Waals surface area contributed by atoms with Gasteiger partial charge in [0.25, 0.3) is 5.91 Å². The van der Waals surface area contributed by atoms with Gasteiger partial charge in [-0.1, -0.05) is 18.2 Å². The minimum Gasteiger partial charge on any atom is -0.351 e. The van der Waals surface area contributed by atoms with Gasteiger partial charge in [0, 0.05) is 32.7 Å². The smallest absolute Gasteiger partial charge is 0.264 e. The van der Waals surface area contributed by atoms with Crippen molar-refractivity contribution in [2.75, 3.05) is 32.7 Å².